The zero-order chi connectivity index (χ0) is 15.2. The number of nitrogens with zero attached hydrogens (tertiary/aromatic N) is 1. The third-order valence-corrected chi connectivity index (χ3v) is 6.03. The maximum absolute atomic E-state index is 5.47. The quantitative estimate of drug-likeness (QED) is 0.888. The highest BCUT2D eigenvalue weighted by Gasteiger charge is 2.46. The highest BCUT2D eigenvalue weighted by Crippen LogP contribution is 2.52. The molecule has 4 heteroatoms. The molecule has 1 N–H and O–H groups in total. The van der Waals surface area contributed by atoms with Gasteiger partial charge in [0.1, 0.15) is 0 Å². The van der Waals surface area contributed by atoms with Crippen LogP contribution in [0, 0.1) is 17.8 Å². The fraction of sp³-hybridized carbons (Fsp3) is 0.611. The van der Waals surface area contributed by atoms with Crippen LogP contribution < -0.4 is 5.32 Å². The molecule has 2 aliphatic carbocycles. The molecule has 4 unspecified atom stereocenters. The van der Waals surface area contributed by atoms with E-state index in [0.717, 1.165) is 41.3 Å². The predicted molar refractivity (Wildman–Crippen MR) is 89.7 cm³/mol. The summed E-state index contributed by atoms with van der Waals surface area (Å²) in [7, 11) is 0. The highest BCUT2D eigenvalue weighted by molar-refractivity contribution is 7.08. The third-order valence-electron chi connectivity index (χ3n) is 5.35. The Morgan fingerprint density at radius 1 is 1.36 bits per heavy atom. The number of fused-ring (bicyclic) bond motifs is 1. The molecule has 0 bridgehead atoms. The lowest BCUT2D eigenvalue weighted by Gasteiger charge is -2.32. The van der Waals surface area contributed by atoms with Gasteiger partial charge in [-0.2, -0.15) is 11.3 Å². The van der Waals surface area contributed by atoms with Crippen LogP contribution in [0.25, 0.3) is 11.3 Å². The van der Waals surface area contributed by atoms with Gasteiger partial charge in [-0.05, 0) is 61.8 Å². The van der Waals surface area contributed by atoms with Crippen LogP contribution in [-0.2, 0) is 6.54 Å². The fourth-order valence-electron chi connectivity index (χ4n) is 4.26. The number of nitrogens with one attached hydrogen (secondary N) is 1. The predicted octanol–water partition coefficient (Wildman–Crippen LogP) is 4.71. The first kappa shape index (κ1) is 14.5. The summed E-state index contributed by atoms with van der Waals surface area (Å²) in [6.07, 6.45) is 5.47. The van der Waals surface area contributed by atoms with Crippen molar-refractivity contribution >= 4 is 11.3 Å². The Morgan fingerprint density at radius 2 is 2.27 bits per heavy atom. The van der Waals surface area contributed by atoms with E-state index in [4.69, 9.17) is 4.52 Å². The van der Waals surface area contributed by atoms with Crippen molar-refractivity contribution < 1.29 is 4.52 Å². The Balaban J connectivity index is 1.41. The van der Waals surface area contributed by atoms with Crippen molar-refractivity contribution in [3.63, 3.8) is 0 Å². The molecular formula is C18H24N2OS. The van der Waals surface area contributed by atoms with Gasteiger partial charge < -0.3 is 9.84 Å². The molecular weight excluding hydrogens is 292 g/mol. The molecule has 3 nitrogen and oxygen atoms in total. The molecule has 0 spiro atoms. The number of hydrogen-bond acceptors (Lipinski definition) is 4. The molecule has 0 amide bonds. The normalized spacial score (nSPS) is 34.2. The maximum Gasteiger partial charge on any atom is 0.168 e. The molecule has 0 aromatic carbocycles. The molecule has 0 aliphatic heterocycles. The van der Waals surface area contributed by atoms with E-state index >= 15 is 0 Å². The number of hydrogen-bond donors (Lipinski definition) is 1. The summed E-state index contributed by atoms with van der Waals surface area (Å²) in [6, 6.07) is 4.14. The molecule has 2 aromatic heterocycles. The van der Waals surface area contributed by atoms with Crippen molar-refractivity contribution in [2.45, 2.75) is 51.6 Å². The summed E-state index contributed by atoms with van der Waals surface area (Å²) in [6.45, 7) is 5.60. The molecule has 0 saturated heterocycles. The van der Waals surface area contributed by atoms with Crippen molar-refractivity contribution in [3.05, 3.63) is 28.6 Å². The molecule has 4 rings (SSSR count). The number of aromatic nitrogens is 1. The molecule has 4 atom stereocenters. The van der Waals surface area contributed by atoms with Gasteiger partial charge in [0.05, 0.1) is 5.69 Å². The first-order valence-corrected chi connectivity index (χ1v) is 9.29. The minimum absolute atomic E-state index is 0.247. The van der Waals surface area contributed by atoms with Crippen LogP contribution >= 0.6 is 11.3 Å². The van der Waals surface area contributed by atoms with Crippen molar-refractivity contribution in [3.8, 4) is 11.3 Å². The Hall–Kier alpha value is -1.13. The van der Waals surface area contributed by atoms with Gasteiger partial charge in [0.2, 0.25) is 0 Å². The van der Waals surface area contributed by atoms with Crippen LogP contribution in [0.4, 0.5) is 0 Å². The zero-order valence-electron chi connectivity index (χ0n) is 13.3. The summed E-state index contributed by atoms with van der Waals surface area (Å²) < 4.78 is 5.47. The molecule has 2 fully saturated rings. The minimum atomic E-state index is 0.247. The molecule has 22 heavy (non-hydrogen) atoms. The summed E-state index contributed by atoms with van der Waals surface area (Å²) in [5.41, 5.74) is 2.38. The van der Waals surface area contributed by atoms with Crippen molar-refractivity contribution in [2.24, 2.45) is 17.8 Å². The number of thiophene rings is 1. The molecule has 0 radical (unpaired) electrons. The van der Waals surface area contributed by atoms with E-state index in [1.54, 1.807) is 11.3 Å². The first-order valence-electron chi connectivity index (χ1n) is 8.34. The topological polar surface area (TPSA) is 38.1 Å². The molecule has 2 aliphatic rings. The minimum Gasteiger partial charge on any atom is -0.356 e. The van der Waals surface area contributed by atoms with Crippen LogP contribution in [0.5, 0.6) is 0 Å². The monoisotopic (exact) mass is 316 g/mol. The largest absolute Gasteiger partial charge is 0.356 e. The highest BCUT2D eigenvalue weighted by atomic mass is 32.1. The zero-order valence-corrected chi connectivity index (χ0v) is 14.2. The summed E-state index contributed by atoms with van der Waals surface area (Å²) in [4.78, 5) is 0. The van der Waals surface area contributed by atoms with E-state index in [2.05, 4.69) is 47.2 Å². The maximum atomic E-state index is 5.47. The molecule has 2 saturated carbocycles. The third kappa shape index (κ3) is 2.99. The van der Waals surface area contributed by atoms with Gasteiger partial charge in [0.15, 0.2) is 5.76 Å². The van der Waals surface area contributed by atoms with Gasteiger partial charge in [-0.25, -0.2) is 0 Å². The van der Waals surface area contributed by atoms with Crippen molar-refractivity contribution in [2.75, 3.05) is 0 Å². The van der Waals surface area contributed by atoms with Gasteiger partial charge in [-0.3, -0.25) is 0 Å². The van der Waals surface area contributed by atoms with Crippen LogP contribution in [0.2, 0.25) is 0 Å². The van der Waals surface area contributed by atoms with E-state index in [9.17, 15) is 0 Å². The van der Waals surface area contributed by atoms with E-state index in [-0.39, 0.29) is 5.54 Å². The molecule has 2 aromatic rings. The van der Waals surface area contributed by atoms with E-state index < -0.39 is 0 Å². The summed E-state index contributed by atoms with van der Waals surface area (Å²) in [5, 5.41) is 12.2. The van der Waals surface area contributed by atoms with Crippen molar-refractivity contribution in [1.82, 2.24) is 10.5 Å². The summed E-state index contributed by atoms with van der Waals surface area (Å²) in [5.74, 6) is 3.67. The average Bonchev–Trinajstić information content (AvgIpc) is 2.94. The lowest BCUT2D eigenvalue weighted by Crippen LogP contribution is -2.43. The lowest BCUT2D eigenvalue weighted by molar-refractivity contribution is 0.262. The Morgan fingerprint density at radius 3 is 3.09 bits per heavy atom. The van der Waals surface area contributed by atoms with Crippen molar-refractivity contribution in [1.29, 1.82) is 0 Å². The van der Waals surface area contributed by atoms with Crippen LogP contribution in [0.1, 0.15) is 45.2 Å². The Kier molecular flexibility index (Phi) is 3.61. The first-order chi connectivity index (χ1) is 10.6. The van der Waals surface area contributed by atoms with E-state index in [1.807, 2.05) is 0 Å². The number of rotatable bonds is 4. The second-order valence-electron chi connectivity index (χ2n) is 7.61. The lowest BCUT2D eigenvalue weighted by atomic mass is 9.86. The van der Waals surface area contributed by atoms with Gasteiger partial charge in [-0.1, -0.05) is 12.1 Å². The molecule has 118 valence electrons. The van der Waals surface area contributed by atoms with Gasteiger partial charge in [0.25, 0.3) is 0 Å². The molecule has 2 heterocycles. The average molecular weight is 316 g/mol. The Bertz CT molecular complexity index is 631. The van der Waals surface area contributed by atoms with Crippen LogP contribution in [0.3, 0.4) is 0 Å². The summed E-state index contributed by atoms with van der Waals surface area (Å²) >= 11 is 1.68. The van der Waals surface area contributed by atoms with Gasteiger partial charge >= 0.3 is 0 Å². The second kappa shape index (κ2) is 5.50. The van der Waals surface area contributed by atoms with E-state index in [0.29, 0.717) is 0 Å². The van der Waals surface area contributed by atoms with Gasteiger partial charge in [0, 0.05) is 29.1 Å². The van der Waals surface area contributed by atoms with Crippen LogP contribution in [-0.4, -0.2) is 10.7 Å². The fourth-order valence-corrected chi connectivity index (χ4v) is 4.91. The Labute approximate surface area is 136 Å². The van der Waals surface area contributed by atoms with Crippen LogP contribution in [0.15, 0.2) is 27.4 Å². The second-order valence-corrected chi connectivity index (χ2v) is 8.39. The van der Waals surface area contributed by atoms with Gasteiger partial charge in [-0.15, -0.1) is 0 Å². The standard InChI is InChI=1S/C18H24N2OS/c1-12-5-14-6-15(14)9-18(2,8-12)19-10-16-7-17(21-20-16)13-3-4-22-11-13/h3-4,7,11-12,14-15,19H,5-6,8-10H2,1-2H3. The smallest absolute Gasteiger partial charge is 0.168 e. The SMILES string of the molecule is CC1CC2CC2CC(C)(NCc2cc(-c3ccsc3)on2)C1. The van der Waals surface area contributed by atoms with E-state index in [1.165, 1.54) is 25.7 Å².